The fraction of sp³-hybridized carbons (Fsp3) is 1.00. The van der Waals surface area contributed by atoms with Crippen molar-refractivity contribution in [1.29, 1.82) is 0 Å². The second kappa shape index (κ2) is 23.9. The van der Waals surface area contributed by atoms with Crippen LogP contribution in [0.3, 0.4) is 0 Å². The van der Waals surface area contributed by atoms with Gasteiger partial charge in [-0.05, 0) is 12.8 Å². The van der Waals surface area contributed by atoms with Gasteiger partial charge in [0, 0.05) is 29.6 Å². The molecule has 2 unspecified atom stereocenters. The minimum Gasteiger partial charge on any atom is -0.391 e. The van der Waals surface area contributed by atoms with Crippen molar-refractivity contribution in [3.05, 3.63) is 0 Å². The average molecular weight is 382 g/mol. The third-order valence-corrected chi connectivity index (χ3v) is 4.90. The predicted molar refractivity (Wildman–Crippen MR) is 114 cm³/mol. The Bertz CT molecular complexity index is 228. The van der Waals surface area contributed by atoms with Gasteiger partial charge < -0.3 is 14.9 Å². The fourth-order valence-electron chi connectivity index (χ4n) is 3.18. The minimum atomic E-state index is -0.374. The number of unbranched alkanes of at least 4 members (excludes halogenated alkanes) is 12. The second-order valence-electron chi connectivity index (χ2n) is 7.67. The summed E-state index contributed by atoms with van der Waals surface area (Å²) in [5, 5.41) is 19.8. The van der Waals surface area contributed by atoms with E-state index in [0.717, 1.165) is 25.7 Å². The Kier molecular flexibility index (Phi) is 26.8. The molecule has 1 radical (unpaired) electrons. The Labute approximate surface area is 186 Å². The topological polar surface area (TPSA) is 49.7 Å². The molecule has 0 rings (SSSR count). The van der Waals surface area contributed by atoms with E-state index < -0.39 is 0 Å². The molecule has 0 aliphatic heterocycles. The molecule has 0 heterocycles. The van der Waals surface area contributed by atoms with Crippen molar-refractivity contribution in [2.45, 2.75) is 129 Å². The molecule has 0 aliphatic carbocycles. The molecule has 4 heteroatoms. The molecule has 0 saturated carbocycles. The Balaban J connectivity index is 0. The van der Waals surface area contributed by atoms with Crippen LogP contribution in [0, 0.1) is 0 Å². The first kappa shape index (κ1) is 29.1. The zero-order valence-corrected chi connectivity index (χ0v) is 20.2. The van der Waals surface area contributed by atoms with Crippen LogP contribution in [0.1, 0.15) is 117 Å². The van der Waals surface area contributed by atoms with Crippen molar-refractivity contribution < 1.29 is 14.9 Å². The molecule has 0 aliphatic rings. The average Bonchev–Trinajstić information content (AvgIpc) is 2.60. The van der Waals surface area contributed by atoms with Crippen molar-refractivity contribution in [2.24, 2.45) is 0 Å². The summed E-state index contributed by atoms with van der Waals surface area (Å²) in [7, 11) is 0. The molecule has 0 fully saturated rings. The third kappa shape index (κ3) is 22.9. The zero-order chi connectivity index (χ0) is 18.6. The van der Waals surface area contributed by atoms with Gasteiger partial charge in [0.2, 0.25) is 0 Å². The maximum atomic E-state index is 9.91. The normalized spacial score (nSPS) is 13.4. The Morgan fingerprint density at radius 1 is 0.538 bits per heavy atom. The van der Waals surface area contributed by atoms with Crippen LogP contribution in [0.2, 0.25) is 0 Å². The van der Waals surface area contributed by atoms with E-state index in [9.17, 15) is 10.2 Å². The van der Waals surface area contributed by atoms with Crippen LogP contribution in [0.25, 0.3) is 0 Å². The maximum Gasteiger partial charge on any atom is 0.0773 e. The molecule has 153 valence electrons. The first-order valence-corrected chi connectivity index (χ1v) is 11.1. The molecule has 0 aromatic rings. The number of hydrogen-bond donors (Lipinski definition) is 2. The molecule has 0 saturated heterocycles. The van der Waals surface area contributed by atoms with Crippen LogP contribution in [0.5, 0.6) is 0 Å². The number of ether oxygens (including phenoxy) is 1. The summed E-state index contributed by atoms with van der Waals surface area (Å²) in [5.74, 6) is 0. The molecule has 0 aromatic heterocycles. The molecule has 26 heavy (non-hydrogen) atoms. The molecule has 0 spiro atoms. The summed E-state index contributed by atoms with van der Waals surface area (Å²) >= 11 is 0. The third-order valence-electron chi connectivity index (χ3n) is 4.90. The maximum absolute atomic E-state index is 9.91. The summed E-state index contributed by atoms with van der Waals surface area (Å²) < 4.78 is 5.48. The summed E-state index contributed by atoms with van der Waals surface area (Å²) in [6.07, 6.45) is 18.7. The number of aliphatic hydroxyl groups is 2. The van der Waals surface area contributed by atoms with Crippen LogP contribution in [0.15, 0.2) is 0 Å². The molecule has 0 amide bonds. The van der Waals surface area contributed by atoms with Crippen LogP contribution in [0.4, 0.5) is 0 Å². The van der Waals surface area contributed by atoms with E-state index in [1.165, 1.54) is 77.0 Å². The van der Waals surface area contributed by atoms with E-state index in [1.54, 1.807) is 0 Å². The van der Waals surface area contributed by atoms with Crippen molar-refractivity contribution >= 4 is 29.6 Å². The SMILES string of the molecule is CCCCCCCCCC(O)COCC(O)CCCCCCCCC.[Na]. The Hall–Kier alpha value is 0.880. The van der Waals surface area contributed by atoms with Crippen LogP contribution in [-0.2, 0) is 4.74 Å². The molecule has 3 nitrogen and oxygen atoms in total. The molecule has 2 atom stereocenters. The Morgan fingerprint density at radius 2 is 0.846 bits per heavy atom. The Morgan fingerprint density at radius 3 is 1.19 bits per heavy atom. The molecular weight excluding hydrogens is 335 g/mol. The minimum absolute atomic E-state index is 0. The number of hydrogen-bond acceptors (Lipinski definition) is 3. The van der Waals surface area contributed by atoms with E-state index in [1.807, 2.05) is 0 Å². The van der Waals surface area contributed by atoms with Crippen molar-refractivity contribution in [3.8, 4) is 0 Å². The largest absolute Gasteiger partial charge is 0.391 e. The van der Waals surface area contributed by atoms with Crippen LogP contribution >= 0.6 is 0 Å². The van der Waals surface area contributed by atoms with Gasteiger partial charge in [0.05, 0.1) is 25.4 Å². The van der Waals surface area contributed by atoms with Gasteiger partial charge in [0.1, 0.15) is 0 Å². The van der Waals surface area contributed by atoms with E-state index in [-0.39, 0.29) is 41.8 Å². The first-order valence-electron chi connectivity index (χ1n) is 11.1. The van der Waals surface area contributed by atoms with Gasteiger partial charge in [-0.1, -0.05) is 104 Å². The summed E-state index contributed by atoms with van der Waals surface area (Å²) in [5.41, 5.74) is 0. The van der Waals surface area contributed by atoms with E-state index in [0.29, 0.717) is 13.2 Å². The molecule has 2 N–H and O–H groups in total. The van der Waals surface area contributed by atoms with E-state index in [4.69, 9.17) is 4.74 Å². The second-order valence-corrected chi connectivity index (χ2v) is 7.67. The van der Waals surface area contributed by atoms with Gasteiger partial charge in [-0.3, -0.25) is 0 Å². The zero-order valence-electron chi connectivity index (χ0n) is 18.2. The molecule has 0 bridgehead atoms. The van der Waals surface area contributed by atoms with Gasteiger partial charge in [-0.25, -0.2) is 0 Å². The van der Waals surface area contributed by atoms with Gasteiger partial charge in [-0.2, -0.15) is 0 Å². The monoisotopic (exact) mass is 381 g/mol. The van der Waals surface area contributed by atoms with Crippen molar-refractivity contribution in [2.75, 3.05) is 13.2 Å². The summed E-state index contributed by atoms with van der Waals surface area (Å²) in [4.78, 5) is 0. The van der Waals surface area contributed by atoms with E-state index in [2.05, 4.69) is 13.8 Å². The summed E-state index contributed by atoms with van der Waals surface area (Å²) in [6.45, 7) is 5.21. The van der Waals surface area contributed by atoms with Gasteiger partial charge in [0.15, 0.2) is 0 Å². The van der Waals surface area contributed by atoms with Gasteiger partial charge in [0.25, 0.3) is 0 Å². The number of aliphatic hydroxyl groups excluding tert-OH is 2. The predicted octanol–water partition coefficient (Wildman–Crippen LogP) is 5.63. The quantitative estimate of drug-likeness (QED) is 0.212. The van der Waals surface area contributed by atoms with Crippen molar-refractivity contribution in [3.63, 3.8) is 0 Å². The molecule has 0 aromatic carbocycles. The number of rotatable bonds is 20. The fourth-order valence-corrected chi connectivity index (χ4v) is 3.18. The van der Waals surface area contributed by atoms with E-state index >= 15 is 0 Å². The first-order chi connectivity index (χ1) is 12.2. The standard InChI is InChI=1S/C22H46O3.Na/c1-3-5-7-9-11-13-15-17-21(23)19-25-20-22(24)18-16-14-12-10-8-6-4-2;/h21-24H,3-20H2,1-2H3;. The van der Waals surface area contributed by atoms with Gasteiger partial charge in [-0.15, -0.1) is 0 Å². The van der Waals surface area contributed by atoms with Crippen LogP contribution < -0.4 is 0 Å². The summed E-state index contributed by atoms with van der Waals surface area (Å²) in [6, 6.07) is 0. The molecular formula is C22H46NaO3. The van der Waals surface area contributed by atoms with Crippen LogP contribution in [-0.4, -0.2) is 65.2 Å². The smallest absolute Gasteiger partial charge is 0.0773 e. The van der Waals surface area contributed by atoms with Crippen molar-refractivity contribution in [1.82, 2.24) is 0 Å². The van der Waals surface area contributed by atoms with Gasteiger partial charge >= 0.3 is 0 Å².